The third kappa shape index (κ3) is 2.67. The Morgan fingerprint density at radius 2 is 1.86 bits per heavy atom. The Kier molecular flexibility index (Phi) is 3.95. The van der Waals surface area contributed by atoms with Crippen LogP contribution in [0.5, 0.6) is 0 Å². The Balaban J connectivity index is 2.02. The molecule has 0 radical (unpaired) electrons. The quantitative estimate of drug-likeness (QED) is 0.764. The van der Waals surface area contributed by atoms with Crippen LogP contribution in [0.15, 0.2) is 48.7 Å². The lowest BCUT2D eigenvalue weighted by molar-refractivity contribution is 0.624. The topological polar surface area (TPSA) is 17.0 Å². The molecule has 0 bridgehead atoms. The van der Waals surface area contributed by atoms with Gasteiger partial charge in [-0.1, -0.05) is 35.9 Å². The molecule has 0 spiro atoms. The van der Waals surface area contributed by atoms with Crippen LogP contribution in [0.2, 0.25) is 5.02 Å². The molecule has 3 aromatic rings. The predicted octanol–water partition coefficient (Wildman–Crippen LogP) is 4.20. The van der Waals surface area contributed by atoms with Gasteiger partial charge in [0.15, 0.2) is 0 Å². The summed E-state index contributed by atoms with van der Waals surface area (Å²) in [6.07, 6.45) is 2.02. The van der Waals surface area contributed by atoms with Crippen molar-refractivity contribution in [3.63, 3.8) is 0 Å². The van der Waals surface area contributed by atoms with Crippen molar-refractivity contribution in [1.29, 1.82) is 0 Å². The second-order valence-electron chi connectivity index (χ2n) is 5.04. The molecule has 0 fully saturated rings. The zero-order valence-corrected chi connectivity index (χ0v) is 12.5. The lowest BCUT2D eigenvalue weighted by Gasteiger charge is -2.09. The molecule has 1 heterocycles. The Morgan fingerprint density at radius 1 is 1.10 bits per heavy atom. The first-order valence-corrected chi connectivity index (χ1v) is 7.22. The Morgan fingerprint density at radius 3 is 2.67 bits per heavy atom. The molecule has 0 saturated carbocycles. The first kappa shape index (κ1) is 14.1. The number of rotatable bonds is 4. The maximum Gasteiger partial charge on any atom is 0.142 e. The summed E-state index contributed by atoms with van der Waals surface area (Å²) in [5, 5.41) is 4.58. The van der Waals surface area contributed by atoms with Gasteiger partial charge in [0.25, 0.3) is 0 Å². The van der Waals surface area contributed by atoms with Crippen LogP contribution < -0.4 is 5.32 Å². The Labute approximate surface area is 128 Å². The van der Waals surface area contributed by atoms with Crippen LogP contribution in [-0.4, -0.2) is 11.6 Å². The standard InChI is InChI=1S/C17H16ClFN2/c1-20-10-12-4-3-7-16-14(12)8-9-21(16)11-13-5-2-6-15(19)17(13)18/h2-9,20H,10-11H2,1H3. The van der Waals surface area contributed by atoms with E-state index >= 15 is 0 Å². The van der Waals surface area contributed by atoms with Gasteiger partial charge >= 0.3 is 0 Å². The summed E-state index contributed by atoms with van der Waals surface area (Å²) < 4.78 is 15.6. The Hall–Kier alpha value is -1.84. The molecule has 1 N–H and O–H groups in total. The third-order valence-electron chi connectivity index (χ3n) is 3.64. The molecule has 0 saturated heterocycles. The zero-order valence-electron chi connectivity index (χ0n) is 11.7. The monoisotopic (exact) mass is 302 g/mol. The summed E-state index contributed by atoms with van der Waals surface area (Å²) in [5.74, 6) is -0.374. The third-order valence-corrected chi connectivity index (χ3v) is 4.07. The van der Waals surface area contributed by atoms with E-state index in [2.05, 4.69) is 28.1 Å². The number of fused-ring (bicyclic) bond motifs is 1. The molecule has 108 valence electrons. The van der Waals surface area contributed by atoms with E-state index in [0.29, 0.717) is 6.54 Å². The minimum absolute atomic E-state index is 0.200. The SMILES string of the molecule is CNCc1cccc2c1ccn2Cc1cccc(F)c1Cl. The van der Waals surface area contributed by atoms with Gasteiger partial charge in [0.2, 0.25) is 0 Å². The maximum atomic E-state index is 13.5. The minimum Gasteiger partial charge on any atom is -0.343 e. The van der Waals surface area contributed by atoms with Crippen LogP contribution in [-0.2, 0) is 13.1 Å². The Bertz CT molecular complexity index is 780. The first-order valence-electron chi connectivity index (χ1n) is 6.85. The molecule has 2 nitrogen and oxygen atoms in total. The average molecular weight is 303 g/mol. The van der Waals surface area contributed by atoms with Crippen LogP contribution >= 0.6 is 11.6 Å². The number of nitrogens with one attached hydrogen (secondary N) is 1. The maximum absolute atomic E-state index is 13.5. The summed E-state index contributed by atoms with van der Waals surface area (Å²) in [6, 6.07) is 13.2. The number of nitrogens with zero attached hydrogens (tertiary/aromatic N) is 1. The number of hydrogen-bond donors (Lipinski definition) is 1. The highest BCUT2D eigenvalue weighted by atomic mass is 35.5. The zero-order chi connectivity index (χ0) is 14.8. The summed E-state index contributed by atoms with van der Waals surface area (Å²) in [5.41, 5.74) is 3.16. The molecule has 0 unspecified atom stereocenters. The molecule has 1 aromatic heterocycles. The average Bonchev–Trinajstić information content (AvgIpc) is 2.89. The van der Waals surface area contributed by atoms with Gasteiger partial charge in [0, 0.05) is 30.2 Å². The van der Waals surface area contributed by atoms with E-state index in [9.17, 15) is 4.39 Å². The smallest absolute Gasteiger partial charge is 0.142 e. The van der Waals surface area contributed by atoms with Crippen LogP contribution in [0.25, 0.3) is 10.9 Å². The molecule has 21 heavy (non-hydrogen) atoms. The van der Waals surface area contributed by atoms with Gasteiger partial charge < -0.3 is 9.88 Å². The van der Waals surface area contributed by atoms with Gasteiger partial charge in [-0.05, 0) is 36.4 Å². The molecule has 0 atom stereocenters. The van der Waals surface area contributed by atoms with Gasteiger partial charge in [0.05, 0.1) is 5.02 Å². The number of halogens is 2. The second kappa shape index (κ2) is 5.88. The van der Waals surface area contributed by atoms with Crippen LogP contribution in [0.3, 0.4) is 0 Å². The van der Waals surface area contributed by atoms with Gasteiger partial charge in [-0.3, -0.25) is 0 Å². The fourth-order valence-electron chi connectivity index (χ4n) is 2.62. The highest BCUT2D eigenvalue weighted by Gasteiger charge is 2.09. The van der Waals surface area contributed by atoms with E-state index in [1.54, 1.807) is 6.07 Å². The summed E-state index contributed by atoms with van der Waals surface area (Å²) in [6.45, 7) is 1.38. The highest BCUT2D eigenvalue weighted by Crippen LogP contribution is 2.24. The summed E-state index contributed by atoms with van der Waals surface area (Å²) >= 11 is 6.04. The van der Waals surface area contributed by atoms with Gasteiger partial charge in [-0.15, -0.1) is 0 Å². The second-order valence-corrected chi connectivity index (χ2v) is 5.41. The van der Waals surface area contributed by atoms with Crippen molar-refractivity contribution in [2.75, 3.05) is 7.05 Å². The molecule has 0 aliphatic heterocycles. The molecular formula is C17H16ClFN2. The predicted molar refractivity (Wildman–Crippen MR) is 85.2 cm³/mol. The van der Waals surface area contributed by atoms with Gasteiger partial charge in [-0.2, -0.15) is 0 Å². The highest BCUT2D eigenvalue weighted by molar-refractivity contribution is 6.31. The van der Waals surface area contributed by atoms with Crippen molar-refractivity contribution in [2.45, 2.75) is 13.1 Å². The molecule has 2 aromatic carbocycles. The normalized spacial score (nSPS) is 11.2. The van der Waals surface area contributed by atoms with Crippen molar-refractivity contribution in [1.82, 2.24) is 9.88 Å². The fourth-order valence-corrected chi connectivity index (χ4v) is 2.81. The van der Waals surface area contributed by atoms with E-state index in [1.807, 2.05) is 25.4 Å². The van der Waals surface area contributed by atoms with Gasteiger partial charge in [0.1, 0.15) is 5.82 Å². The van der Waals surface area contributed by atoms with Crippen LogP contribution in [0.4, 0.5) is 4.39 Å². The van der Waals surface area contributed by atoms with E-state index in [4.69, 9.17) is 11.6 Å². The van der Waals surface area contributed by atoms with E-state index < -0.39 is 0 Å². The van der Waals surface area contributed by atoms with Gasteiger partial charge in [-0.25, -0.2) is 4.39 Å². The fraction of sp³-hybridized carbons (Fsp3) is 0.176. The molecule has 3 rings (SSSR count). The van der Waals surface area contributed by atoms with Crippen molar-refractivity contribution in [2.24, 2.45) is 0 Å². The van der Waals surface area contributed by atoms with Crippen LogP contribution in [0.1, 0.15) is 11.1 Å². The van der Waals surface area contributed by atoms with Crippen molar-refractivity contribution < 1.29 is 4.39 Å². The largest absolute Gasteiger partial charge is 0.343 e. The summed E-state index contributed by atoms with van der Waals surface area (Å²) in [7, 11) is 1.93. The van der Waals surface area contributed by atoms with E-state index in [-0.39, 0.29) is 10.8 Å². The number of benzene rings is 2. The molecule has 4 heteroatoms. The van der Waals surface area contributed by atoms with Crippen molar-refractivity contribution >= 4 is 22.5 Å². The summed E-state index contributed by atoms with van der Waals surface area (Å²) in [4.78, 5) is 0. The minimum atomic E-state index is -0.374. The molecular weight excluding hydrogens is 287 g/mol. The van der Waals surface area contributed by atoms with Crippen LogP contribution in [0, 0.1) is 5.82 Å². The van der Waals surface area contributed by atoms with E-state index in [0.717, 1.165) is 17.6 Å². The van der Waals surface area contributed by atoms with Crippen molar-refractivity contribution in [3.05, 3.63) is 70.6 Å². The lowest BCUT2D eigenvalue weighted by atomic mass is 10.1. The molecule has 0 aliphatic carbocycles. The lowest BCUT2D eigenvalue weighted by Crippen LogP contribution is -2.05. The molecule has 0 amide bonds. The number of hydrogen-bond acceptors (Lipinski definition) is 1. The van der Waals surface area contributed by atoms with E-state index in [1.165, 1.54) is 17.0 Å². The molecule has 0 aliphatic rings. The first-order chi connectivity index (χ1) is 10.2. The van der Waals surface area contributed by atoms with Crippen molar-refractivity contribution in [3.8, 4) is 0 Å². The number of aromatic nitrogens is 1.